The summed E-state index contributed by atoms with van der Waals surface area (Å²) >= 11 is 0. The second-order valence-corrected chi connectivity index (χ2v) is 44.2. The van der Waals surface area contributed by atoms with Crippen molar-refractivity contribution in [1.82, 2.24) is 0 Å². The molecule has 0 atom stereocenters. The van der Waals surface area contributed by atoms with Gasteiger partial charge in [0, 0.05) is 35.5 Å². The summed E-state index contributed by atoms with van der Waals surface area (Å²) < 4.78 is 146. The Morgan fingerprint density at radius 1 is 0.161 bits per heavy atom. The molecule has 118 heavy (non-hydrogen) atoms. The molecule has 0 saturated carbocycles. The summed E-state index contributed by atoms with van der Waals surface area (Å²) in [5.74, 6) is -11.6. The van der Waals surface area contributed by atoms with E-state index in [0.29, 0.717) is 68.0 Å². The zero-order valence-electron chi connectivity index (χ0n) is 86.2. The van der Waals surface area contributed by atoms with Crippen molar-refractivity contribution >= 4 is 0 Å². The van der Waals surface area contributed by atoms with Crippen LogP contribution in [0.5, 0.6) is 0 Å². The maximum Gasteiger partial charge on any atom is 0.278 e. The standard InChI is InChI=1S/C28H26.5C10H22.3C6H12F2.2C5H9F3/c1-27(23-15-7-3-8-16-23,24-17-9-4-10-18-24)28(2,25-19-11-5-12-20-25)26-21-13-6-14-22-26;2*1-7-9(3,4)10(5,6)8-2;3*1-7-10(6,8-2)9(3,4)5;1-5(2,7)6(3,4)8;2*1-5(2,3)6(4,7)8;2*1-4(2,6)5(3,7)8/h3-22H,1-2H3;5*7-8H2,1-6H3;3*1-4H3;2*1-3H3. The van der Waals surface area contributed by atoms with Gasteiger partial charge in [-0.2, -0.15) is 0 Å². The van der Waals surface area contributed by atoms with Gasteiger partial charge in [-0.3, -0.25) is 0 Å². The van der Waals surface area contributed by atoms with Crippen LogP contribution in [0.4, 0.5) is 52.7 Å². The maximum absolute atomic E-state index is 12.5. The highest BCUT2D eigenvalue weighted by Gasteiger charge is 2.50. The van der Waals surface area contributed by atoms with E-state index in [-0.39, 0.29) is 10.8 Å². The Morgan fingerprint density at radius 2 is 0.271 bits per heavy atom. The fraction of sp³-hybridized carbons (Fsp3) is 0.774. The van der Waals surface area contributed by atoms with Gasteiger partial charge >= 0.3 is 0 Å². The van der Waals surface area contributed by atoms with Gasteiger partial charge in [-0.15, -0.1) is 0 Å². The van der Waals surface area contributed by atoms with Crippen molar-refractivity contribution < 1.29 is 52.7 Å². The lowest BCUT2D eigenvalue weighted by Crippen LogP contribution is -2.47. The number of halogens is 12. The summed E-state index contributed by atoms with van der Waals surface area (Å²) in [4.78, 5) is 0. The SMILES string of the molecule is CC(C)(C)C(C)(F)F.CC(C)(C)C(C)(F)F.CC(C)(F)C(C)(C)F.CC(C)(F)C(C)(F)F.CC(C)(F)C(C)(F)F.CC(c1ccccc1)(c1ccccc1)C(C)(c1ccccc1)c1ccccc1.CCC(C)(C)C(C)(C)CC.CCC(C)(C)C(C)(C)CC.CCC(C)(CC)C(C)(C)C.CCC(C)(CC)C(C)(C)C.CCC(C)(CC)C(C)(C)C. The van der Waals surface area contributed by atoms with E-state index in [0.717, 1.165) is 41.5 Å². The van der Waals surface area contributed by atoms with Crippen molar-refractivity contribution in [3.63, 3.8) is 0 Å². The Labute approximate surface area is 725 Å². The molecule has 0 aliphatic carbocycles. The number of rotatable bonds is 20. The van der Waals surface area contributed by atoms with Crippen LogP contribution in [0.1, 0.15) is 433 Å². The minimum absolute atomic E-state index is 0.252. The smallest absolute Gasteiger partial charge is 0.241 e. The lowest BCUT2D eigenvalue weighted by Gasteiger charge is -2.48. The number of benzene rings is 4. The summed E-state index contributed by atoms with van der Waals surface area (Å²) in [5.41, 5.74) is -0.402. The van der Waals surface area contributed by atoms with E-state index in [9.17, 15) is 52.7 Å². The molecule has 0 bridgehead atoms. The molecule has 0 amide bonds. The van der Waals surface area contributed by atoms with Crippen LogP contribution < -0.4 is 0 Å². The van der Waals surface area contributed by atoms with E-state index >= 15 is 0 Å². The fourth-order valence-corrected chi connectivity index (χ4v) is 10.4. The van der Waals surface area contributed by atoms with Crippen LogP contribution >= 0.6 is 0 Å². The third-order valence-corrected chi connectivity index (χ3v) is 29.9. The van der Waals surface area contributed by atoms with Crippen molar-refractivity contribution in [3.05, 3.63) is 144 Å². The molecular weight excluding hydrogens is 1500 g/mol. The first-order chi connectivity index (χ1) is 51.8. The van der Waals surface area contributed by atoms with E-state index < -0.39 is 57.2 Å². The molecule has 0 saturated heterocycles. The Kier molecular flexibility index (Phi) is 52.9. The highest BCUT2D eigenvalue weighted by molar-refractivity contribution is 5.54. The average Bonchev–Trinajstić information content (AvgIpc) is 0.717. The molecule has 0 aromatic heterocycles. The second kappa shape index (κ2) is 49.1. The monoisotopic (exact) mass is 1690 g/mol. The van der Waals surface area contributed by atoms with Crippen LogP contribution in [0.25, 0.3) is 0 Å². The molecule has 0 radical (unpaired) electrons. The molecule has 4 aromatic rings. The Morgan fingerprint density at radius 3 is 0.322 bits per heavy atom. The largest absolute Gasteiger partial charge is 0.278 e. The molecule has 0 nitrogen and oxygen atoms in total. The predicted molar refractivity (Wildman–Crippen MR) is 502 cm³/mol. The van der Waals surface area contributed by atoms with Gasteiger partial charge in [0.2, 0.25) is 11.8 Å². The van der Waals surface area contributed by atoms with E-state index in [4.69, 9.17) is 0 Å². The first kappa shape index (κ1) is 127. The maximum atomic E-state index is 12.5. The quantitative estimate of drug-likeness (QED) is 0.0774. The van der Waals surface area contributed by atoms with Crippen LogP contribution in [0.3, 0.4) is 0 Å². The Balaban J connectivity index is -0.000000240. The topological polar surface area (TPSA) is 0 Å². The molecule has 4 aromatic carbocycles. The number of hydrogen-bond donors (Lipinski definition) is 0. The minimum atomic E-state index is -3.23. The molecule has 0 aliphatic rings. The summed E-state index contributed by atoms with van der Waals surface area (Å²) in [7, 11) is 0. The summed E-state index contributed by atoms with van der Waals surface area (Å²) in [6.07, 6.45) is 12.8. The van der Waals surface area contributed by atoms with Gasteiger partial charge in [0.25, 0.3) is 11.8 Å². The van der Waals surface area contributed by atoms with Gasteiger partial charge in [0.15, 0.2) is 11.3 Å². The lowest BCUT2D eigenvalue weighted by molar-refractivity contribution is -0.104. The Bertz CT molecular complexity index is 2660. The second-order valence-electron chi connectivity index (χ2n) is 44.2. The molecule has 0 N–H and O–H groups in total. The first-order valence-corrected chi connectivity index (χ1v) is 44.3. The van der Waals surface area contributed by atoms with E-state index in [1.165, 1.54) is 156 Å². The van der Waals surface area contributed by atoms with Crippen molar-refractivity contribution in [3.8, 4) is 0 Å². The molecule has 12 heteroatoms. The van der Waals surface area contributed by atoms with Crippen molar-refractivity contribution in [2.24, 2.45) is 65.0 Å². The van der Waals surface area contributed by atoms with Gasteiger partial charge < -0.3 is 0 Å². The van der Waals surface area contributed by atoms with E-state index in [2.05, 4.69) is 343 Å². The summed E-state index contributed by atoms with van der Waals surface area (Å²) in [6, 6.07) is 43.6. The zero-order chi connectivity index (χ0) is 96.5. The third kappa shape index (κ3) is 42.1. The lowest BCUT2D eigenvalue weighted by atomic mass is 9.53. The third-order valence-electron chi connectivity index (χ3n) is 29.9. The molecule has 0 fully saturated rings. The average molecular weight is 1690 g/mol. The van der Waals surface area contributed by atoms with Gasteiger partial charge in [0.1, 0.15) is 11.3 Å². The summed E-state index contributed by atoms with van der Waals surface area (Å²) in [6.45, 7) is 95.1. The number of hydrogen-bond acceptors (Lipinski definition) is 0. The molecular formula is C106H190F12. The zero-order valence-corrected chi connectivity index (χ0v) is 86.2. The summed E-state index contributed by atoms with van der Waals surface area (Å²) in [5, 5.41) is 0. The van der Waals surface area contributed by atoms with Gasteiger partial charge in [-0.25, -0.2) is 52.7 Å². The van der Waals surface area contributed by atoms with E-state index in [1.807, 2.05) is 0 Å². The molecule has 4 rings (SSSR count). The van der Waals surface area contributed by atoms with Crippen LogP contribution in [0.15, 0.2) is 121 Å². The van der Waals surface area contributed by atoms with Crippen molar-refractivity contribution in [1.29, 1.82) is 0 Å². The van der Waals surface area contributed by atoms with Crippen molar-refractivity contribution in [2.75, 3.05) is 0 Å². The minimum Gasteiger partial charge on any atom is -0.241 e. The molecule has 0 heterocycles. The van der Waals surface area contributed by atoms with Crippen LogP contribution in [0, 0.1) is 65.0 Å². The molecule has 698 valence electrons. The molecule has 0 unspecified atom stereocenters. The van der Waals surface area contributed by atoms with Crippen molar-refractivity contribution in [2.45, 2.75) is 468 Å². The highest BCUT2D eigenvalue weighted by atomic mass is 19.3. The normalized spacial score (nSPS) is 13.5. The first-order valence-electron chi connectivity index (χ1n) is 44.3. The van der Waals surface area contributed by atoms with Gasteiger partial charge in [-0.05, 0) is 146 Å². The van der Waals surface area contributed by atoms with Crippen LogP contribution in [-0.2, 0) is 10.8 Å². The van der Waals surface area contributed by atoms with E-state index in [1.54, 1.807) is 0 Å². The van der Waals surface area contributed by atoms with Crippen LogP contribution in [0.2, 0.25) is 0 Å². The molecule has 0 spiro atoms. The van der Waals surface area contributed by atoms with Gasteiger partial charge in [-0.1, -0.05) is 449 Å². The van der Waals surface area contributed by atoms with Crippen LogP contribution in [-0.4, -0.2) is 46.4 Å². The fourth-order valence-electron chi connectivity index (χ4n) is 10.4. The predicted octanol–water partition coefficient (Wildman–Crippen LogP) is 38.9. The number of alkyl halides is 12. The van der Waals surface area contributed by atoms with Gasteiger partial charge in [0.05, 0.1) is 0 Å². The Hall–Kier alpha value is -3.96. The molecule has 0 aliphatic heterocycles. The highest BCUT2D eigenvalue weighted by Crippen LogP contribution is 2.54.